The quantitative estimate of drug-likeness (QED) is 0.750. The fourth-order valence-electron chi connectivity index (χ4n) is 3.73. The lowest BCUT2D eigenvalue weighted by atomic mass is 9.94. The molecule has 1 aliphatic heterocycles. The molecule has 3 N–H and O–H groups in total. The van der Waals surface area contributed by atoms with E-state index in [1.54, 1.807) is 0 Å². The van der Waals surface area contributed by atoms with Gasteiger partial charge in [0.2, 0.25) is 0 Å². The lowest BCUT2D eigenvalue weighted by molar-refractivity contribution is 0.0940. The summed E-state index contributed by atoms with van der Waals surface area (Å²) in [7, 11) is 0. The number of carbonyl (C=O) groups is 1. The molecule has 0 aromatic carbocycles. The highest BCUT2D eigenvalue weighted by molar-refractivity contribution is 5.91. The number of likely N-dealkylation sites (tertiary alicyclic amines) is 1. The molecule has 2 heterocycles. The lowest BCUT2D eigenvalue weighted by Gasteiger charge is -2.31. The van der Waals surface area contributed by atoms with Crippen LogP contribution in [0.4, 0.5) is 0 Å². The molecule has 3 rings (SSSR count). The molecule has 1 saturated carbocycles. The van der Waals surface area contributed by atoms with Gasteiger partial charge in [-0.05, 0) is 31.7 Å². The van der Waals surface area contributed by atoms with Crippen molar-refractivity contribution in [1.82, 2.24) is 20.2 Å². The predicted octanol–water partition coefficient (Wildman–Crippen LogP) is 0.448. The Balaban J connectivity index is 1.50. The molecule has 0 radical (unpaired) electrons. The van der Waals surface area contributed by atoms with E-state index in [2.05, 4.69) is 20.2 Å². The van der Waals surface area contributed by atoms with Gasteiger partial charge < -0.3 is 15.2 Å². The van der Waals surface area contributed by atoms with E-state index in [0.29, 0.717) is 18.5 Å². The van der Waals surface area contributed by atoms with Crippen molar-refractivity contribution in [1.29, 1.82) is 0 Å². The van der Waals surface area contributed by atoms with Crippen molar-refractivity contribution >= 4 is 5.91 Å². The first-order chi connectivity index (χ1) is 11.1. The van der Waals surface area contributed by atoms with Crippen molar-refractivity contribution in [2.75, 3.05) is 19.6 Å². The smallest absolute Gasteiger partial charge is 0.326 e. The van der Waals surface area contributed by atoms with Crippen LogP contribution >= 0.6 is 0 Å². The molecular formula is C16H24N4O3. The summed E-state index contributed by atoms with van der Waals surface area (Å²) >= 11 is 0. The Morgan fingerprint density at radius 2 is 1.96 bits per heavy atom. The molecule has 126 valence electrons. The van der Waals surface area contributed by atoms with Gasteiger partial charge in [-0.15, -0.1) is 0 Å². The first-order valence-corrected chi connectivity index (χ1v) is 8.48. The van der Waals surface area contributed by atoms with E-state index in [1.807, 2.05) is 0 Å². The molecular weight excluding hydrogens is 296 g/mol. The van der Waals surface area contributed by atoms with Gasteiger partial charge in [0.1, 0.15) is 5.69 Å². The number of nitrogens with zero attached hydrogens (tertiary/aromatic N) is 1. The number of hydrogen-bond donors (Lipinski definition) is 3. The third-order valence-corrected chi connectivity index (χ3v) is 4.96. The highest BCUT2D eigenvalue weighted by Crippen LogP contribution is 2.27. The summed E-state index contributed by atoms with van der Waals surface area (Å²) in [5.41, 5.74) is -1.21. The van der Waals surface area contributed by atoms with Crippen molar-refractivity contribution in [2.45, 2.75) is 44.6 Å². The van der Waals surface area contributed by atoms with Gasteiger partial charge in [-0.3, -0.25) is 14.6 Å². The molecule has 7 nitrogen and oxygen atoms in total. The first kappa shape index (κ1) is 16.0. The monoisotopic (exact) mass is 320 g/mol. The number of H-pyrrole nitrogens is 2. The molecule has 1 saturated heterocycles. The molecule has 23 heavy (non-hydrogen) atoms. The van der Waals surface area contributed by atoms with Gasteiger partial charge in [0.05, 0.1) is 0 Å². The van der Waals surface area contributed by atoms with E-state index >= 15 is 0 Å². The highest BCUT2D eigenvalue weighted by Gasteiger charge is 2.29. The summed E-state index contributed by atoms with van der Waals surface area (Å²) in [5, 5.41) is 2.83. The zero-order chi connectivity index (χ0) is 16.2. The third-order valence-electron chi connectivity index (χ3n) is 4.96. The van der Waals surface area contributed by atoms with Crippen LogP contribution < -0.4 is 16.6 Å². The Kier molecular flexibility index (Phi) is 4.95. The molecule has 1 aromatic heterocycles. The second-order valence-corrected chi connectivity index (χ2v) is 6.65. The molecule has 0 bridgehead atoms. The van der Waals surface area contributed by atoms with Crippen LogP contribution in [0.1, 0.15) is 49.0 Å². The molecule has 1 aliphatic carbocycles. The number of hydrogen-bond acceptors (Lipinski definition) is 4. The topological polar surface area (TPSA) is 98.1 Å². The van der Waals surface area contributed by atoms with Gasteiger partial charge in [0.15, 0.2) is 0 Å². The van der Waals surface area contributed by atoms with E-state index in [-0.39, 0.29) is 5.69 Å². The molecule has 0 spiro atoms. The largest absolute Gasteiger partial charge is 0.350 e. The normalized spacial score (nSPS) is 23.0. The summed E-state index contributed by atoms with van der Waals surface area (Å²) in [6, 6.07) is 1.83. The summed E-state index contributed by atoms with van der Waals surface area (Å²) < 4.78 is 0. The molecule has 0 unspecified atom stereocenters. The number of nitrogens with one attached hydrogen (secondary N) is 3. The Labute approximate surface area is 134 Å². The van der Waals surface area contributed by atoms with Crippen LogP contribution in [-0.4, -0.2) is 46.5 Å². The SMILES string of the molecule is O=C(NC[C@@H]1CCN(C2CCCCC2)C1)c1cc(=O)[nH]c(=O)[nH]1. The zero-order valence-electron chi connectivity index (χ0n) is 13.3. The van der Waals surface area contributed by atoms with Crippen molar-refractivity contribution in [2.24, 2.45) is 5.92 Å². The fraction of sp³-hybridized carbons (Fsp3) is 0.688. The Hall–Kier alpha value is -1.89. The Morgan fingerprint density at radius 3 is 2.70 bits per heavy atom. The molecule has 7 heteroatoms. The maximum Gasteiger partial charge on any atom is 0.326 e. The Morgan fingerprint density at radius 1 is 1.17 bits per heavy atom. The molecule has 2 aliphatic rings. The zero-order valence-corrected chi connectivity index (χ0v) is 13.3. The van der Waals surface area contributed by atoms with Gasteiger partial charge in [0.25, 0.3) is 11.5 Å². The molecule has 1 aromatic rings. The van der Waals surface area contributed by atoms with Crippen LogP contribution in [0.2, 0.25) is 0 Å². The minimum atomic E-state index is -0.660. The molecule has 2 fully saturated rings. The summed E-state index contributed by atoms with van der Waals surface area (Å²) in [5.74, 6) is 0.0407. The standard InChI is InChI=1S/C16H24N4O3/c21-14-8-13(18-16(23)19-14)15(22)17-9-11-6-7-20(10-11)12-4-2-1-3-5-12/h8,11-12H,1-7,9-10H2,(H,17,22)(H2,18,19,21,23)/t11-/m0/s1. The highest BCUT2D eigenvalue weighted by atomic mass is 16.2. The van der Waals surface area contributed by atoms with E-state index in [9.17, 15) is 14.4 Å². The van der Waals surface area contributed by atoms with Crippen molar-refractivity contribution < 1.29 is 4.79 Å². The minimum absolute atomic E-state index is 0.0147. The van der Waals surface area contributed by atoms with Gasteiger partial charge in [-0.25, -0.2) is 4.79 Å². The molecule has 1 atom stereocenters. The number of carbonyl (C=O) groups excluding carboxylic acids is 1. The van der Waals surface area contributed by atoms with Gasteiger partial charge in [-0.2, -0.15) is 0 Å². The number of amides is 1. The van der Waals surface area contributed by atoms with Crippen LogP contribution in [0.3, 0.4) is 0 Å². The van der Waals surface area contributed by atoms with E-state index in [0.717, 1.165) is 25.6 Å². The van der Waals surface area contributed by atoms with Crippen molar-refractivity contribution in [3.63, 3.8) is 0 Å². The van der Waals surface area contributed by atoms with E-state index < -0.39 is 17.2 Å². The third kappa shape index (κ3) is 4.10. The fourth-order valence-corrected chi connectivity index (χ4v) is 3.73. The van der Waals surface area contributed by atoms with Gasteiger partial charge >= 0.3 is 5.69 Å². The summed E-state index contributed by atoms with van der Waals surface area (Å²) in [4.78, 5) is 41.4. The lowest BCUT2D eigenvalue weighted by Crippen LogP contribution is -2.37. The average Bonchev–Trinajstić information content (AvgIpc) is 3.01. The summed E-state index contributed by atoms with van der Waals surface area (Å²) in [6.07, 6.45) is 7.71. The van der Waals surface area contributed by atoms with Crippen LogP contribution in [0.5, 0.6) is 0 Å². The predicted molar refractivity (Wildman–Crippen MR) is 86.6 cm³/mol. The number of aromatic amines is 2. The van der Waals surface area contributed by atoms with Crippen LogP contribution in [0, 0.1) is 5.92 Å². The second kappa shape index (κ2) is 7.12. The van der Waals surface area contributed by atoms with Crippen LogP contribution in [-0.2, 0) is 0 Å². The maximum atomic E-state index is 12.0. The average molecular weight is 320 g/mol. The van der Waals surface area contributed by atoms with Gasteiger partial charge in [0, 0.05) is 25.2 Å². The van der Waals surface area contributed by atoms with Gasteiger partial charge in [-0.1, -0.05) is 19.3 Å². The number of aromatic nitrogens is 2. The molecule has 1 amide bonds. The van der Waals surface area contributed by atoms with E-state index in [4.69, 9.17) is 0 Å². The van der Waals surface area contributed by atoms with Crippen molar-refractivity contribution in [3.05, 3.63) is 32.6 Å². The van der Waals surface area contributed by atoms with Crippen LogP contribution in [0.25, 0.3) is 0 Å². The maximum absolute atomic E-state index is 12.0. The first-order valence-electron chi connectivity index (χ1n) is 8.48. The number of rotatable bonds is 4. The Bertz CT molecular complexity index is 632. The van der Waals surface area contributed by atoms with E-state index in [1.165, 1.54) is 32.1 Å². The second-order valence-electron chi connectivity index (χ2n) is 6.65. The summed E-state index contributed by atoms with van der Waals surface area (Å²) in [6.45, 7) is 2.71. The van der Waals surface area contributed by atoms with Crippen LogP contribution in [0.15, 0.2) is 15.7 Å². The van der Waals surface area contributed by atoms with Crippen molar-refractivity contribution in [3.8, 4) is 0 Å². The minimum Gasteiger partial charge on any atom is -0.350 e.